The van der Waals surface area contributed by atoms with Crippen molar-refractivity contribution in [3.05, 3.63) is 90.0 Å². The normalized spacial score (nSPS) is 13.4. The molecule has 0 saturated carbocycles. The van der Waals surface area contributed by atoms with Crippen LogP contribution < -0.4 is 19.9 Å². The number of anilines is 3. The van der Waals surface area contributed by atoms with Crippen molar-refractivity contribution in [2.45, 2.75) is 13.8 Å². The molecule has 1 aliphatic heterocycles. The first kappa shape index (κ1) is 26.8. The molecule has 3 aromatic carbocycles. The molecule has 1 saturated heterocycles. The highest BCUT2D eigenvalue weighted by atomic mass is 16.5. The number of hydrogen-bond acceptors (Lipinski definition) is 5. The number of hydrogen-bond donors (Lipinski definition) is 1. The zero-order valence-electron chi connectivity index (χ0n) is 22.4. The Hall–Kier alpha value is -4.26. The summed E-state index contributed by atoms with van der Waals surface area (Å²) in [6.45, 7) is 8.34. The number of nitrogens with one attached hydrogen (secondary N) is 1. The predicted molar refractivity (Wildman–Crippen MR) is 155 cm³/mol. The average molecular weight is 513 g/mol. The lowest BCUT2D eigenvalue weighted by Gasteiger charge is -2.38. The first-order valence-corrected chi connectivity index (χ1v) is 13.1. The van der Waals surface area contributed by atoms with Crippen molar-refractivity contribution < 1.29 is 14.3 Å². The molecule has 7 heteroatoms. The van der Waals surface area contributed by atoms with E-state index in [0.29, 0.717) is 24.3 Å². The number of methoxy groups -OCH3 is 1. The summed E-state index contributed by atoms with van der Waals surface area (Å²) in [6, 6.07) is 23.3. The van der Waals surface area contributed by atoms with E-state index in [9.17, 15) is 9.59 Å². The maximum absolute atomic E-state index is 13.5. The van der Waals surface area contributed by atoms with Gasteiger partial charge in [0.05, 0.1) is 18.4 Å². The summed E-state index contributed by atoms with van der Waals surface area (Å²) in [7, 11) is 1.69. The fraction of sp³-hybridized carbons (Fsp3) is 0.290. The summed E-state index contributed by atoms with van der Waals surface area (Å²) in [6.07, 6.45) is 3.28. The second-order valence-electron chi connectivity index (χ2n) is 9.09. The molecule has 7 nitrogen and oxygen atoms in total. The van der Waals surface area contributed by atoms with Crippen LogP contribution in [0.4, 0.5) is 17.1 Å². The van der Waals surface area contributed by atoms with Crippen molar-refractivity contribution in [3.8, 4) is 5.75 Å². The number of rotatable bonds is 9. The summed E-state index contributed by atoms with van der Waals surface area (Å²) in [5.41, 5.74) is 4.11. The second kappa shape index (κ2) is 12.8. The van der Waals surface area contributed by atoms with E-state index in [4.69, 9.17) is 4.74 Å². The van der Waals surface area contributed by atoms with Crippen molar-refractivity contribution in [3.63, 3.8) is 0 Å². The van der Waals surface area contributed by atoms with Crippen molar-refractivity contribution in [2.24, 2.45) is 0 Å². The molecule has 0 aromatic heterocycles. The number of carbonyl (C=O) groups excluding carboxylic acids is 2. The van der Waals surface area contributed by atoms with Gasteiger partial charge in [-0.25, -0.2) is 0 Å². The Balaban J connectivity index is 1.53. The summed E-state index contributed by atoms with van der Waals surface area (Å²) in [5.74, 6) is 0.584. The lowest BCUT2D eigenvalue weighted by molar-refractivity contribution is -0.111. The van der Waals surface area contributed by atoms with Gasteiger partial charge in [-0.15, -0.1) is 0 Å². The van der Waals surface area contributed by atoms with Gasteiger partial charge in [0.25, 0.3) is 5.91 Å². The van der Waals surface area contributed by atoms with Crippen LogP contribution in [0.3, 0.4) is 0 Å². The fourth-order valence-electron chi connectivity index (χ4n) is 4.74. The summed E-state index contributed by atoms with van der Waals surface area (Å²) in [5, 5.41) is 2.92. The van der Waals surface area contributed by atoms with Gasteiger partial charge in [0.2, 0.25) is 5.91 Å². The van der Waals surface area contributed by atoms with Crippen LogP contribution in [0.25, 0.3) is 6.08 Å². The fourth-order valence-corrected chi connectivity index (χ4v) is 4.74. The molecule has 0 bridgehead atoms. The molecule has 2 amide bonds. The molecular formula is C31H36N4O3. The largest absolute Gasteiger partial charge is 0.495 e. The van der Waals surface area contributed by atoms with Gasteiger partial charge in [0, 0.05) is 56.7 Å². The molecule has 3 aromatic rings. The third-order valence-corrected chi connectivity index (χ3v) is 6.82. The monoisotopic (exact) mass is 512 g/mol. The van der Waals surface area contributed by atoms with Crippen molar-refractivity contribution in [1.29, 1.82) is 0 Å². The number of benzene rings is 3. The third-order valence-electron chi connectivity index (χ3n) is 6.82. The molecule has 0 unspecified atom stereocenters. The molecule has 1 N–H and O–H groups in total. The quantitative estimate of drug-likeness (QED) is 0.402. The van der Waals surface area contributed by atoms with Gasteiger partial charge < -0.3 is 24.8 Å². The molecule has 198 valence electrons. The number of para-hydroxylation sites is 2. The minimum Gasteiger partial charge on any atom is -0.495 e. The standard InChI is InChI=1S/C31H36N4O3/c1-4-33(5-2)31(37)26-23-25(32-30(36)18-15-24-11-7-6-8-12-24)16-17-27(26)34-19-21-35(22-20-34)28-13-9-10-14-29(28)38-3/h6-18,23H,4-5,19-22H2,1-3H3,(H,32,36)/b18-15+. The number of ether oxygens (including phenoxy) is 1. The van der Waals surface area contributed by atoms with E-state index < -0.39 is 0 Å². The smallest absolute Gasteiger partial charge is 0.256 e. The van der Waals surface area contributed by atoms with Crippen molar-refractivity contribution in [1.82, 2.24) is 4.90 Å². The Morgan fingerprint density at radius 1 is 0.868 bits per heavy atom. The maximum atomic E-state index is 13.5. The molecule has 1 aliphatic rings. The van der Waals surface area contributed by atoms with Crippen molar-refractivity contribution >= 4 is 35.0 Å². The average Bonchev–Trinajstić information content (AvgIpc) is 2.97. The van der Waals surface area contributed by atoms with Crippen LogP contribution in [0.2, 0.25) is 0 Å². The van der Waals surface area contributed by atoms with E-state index in [1.807, 2.05) is 79.4 Å². The molecule has 38 heavy (non-hydrogen) atoms. The topological polar surface area (TPSA) is 65.1 Å². The Labute approximate surface area is 225 Å². The van der Waals surface area contributed by atoms with E-state index in [1.54, 1.807) is 19.3 Å². The van der Waals surface area contributed by atoms with Crippen molar-refractivity contribution in [2.75, 3.05) is 61.5 Å². The molecule has 1 fully saturated rings. The lowest BCUT2D eigenvalue weighted by Crippen LogP contribution is -2.47. The number of carbonyl (C=O) groups is 2. The van der Waals surface area contributed by atoms with Gasteiger partial charge in [-0.2, -0.15) is 0 Å². The van der Waals surface area contributed by atoms with Crippen LogP contribution in [0.15, 0.2) is 78.9 Å². The zero-order chi connectivity index (χ0) is 26.9. The van der Waals surface area contributed by atoms with Crippen LogP contribution >= 0.6 is 0 Å². The molecule has 0 spiro atoms. The minimum atomic E-state index is -0.242. The van der Waals surface area contributed by atoms with Crippen LogP contribution in [0.1, 0.15) is 29.8 Å². The van der Waals surface area contributed by atoms with E-state index in [2.05, 4.69) is 21.2 Å². The summed E-state index contributed by atoms with van der Waals surface area (Å²) >= 11 is 0. The maximum Gasteiger partial charge on any atom is 0.256 e. The predicted octanol–water partition coefficient (Wildman–Crippen LogP) is 5.16. The van der Waals surface area contributed by atoms with E-state index in [0.717, 1.165) is 48.9 Å². The first-order chi connectivity index (χ1) is 18.5. The molecular weight excluding hydrogens is 476 g/mol. The number of piperazine rings is 1. The highest BCUT2D eigenvalue weighted by Gasteiger charge is 2.25. The van der Waals surface area contributed by atoms with E-state index in [-0.39, 0.29) is 11.8 Å². The Bertz CT molecular complexity index is 1260. The second-order valence-corrected chi connectivity index (χ2v) is 9.09. The Morgan fingerprint density at radius 2 is 1.50 bits per heavy atom. The summed E-state index contributed by atoms with van der Waals surface area (Å²) in [4.78, 5) is 32.5. The number of nitrogens with zero attached hydrogens (tertiary/aromatic N) is 3. The highest BCUT2D eigenvalue weighted by molar-refractivity contribution is 6.05. The molecule has 0 atom stereocenters. The molecule has 0 radical (unpaired) electrons. The summed E-state index contributed by atoms with van der Waals surface area (Å²) < 4.78 is 5.55. The highest BCUT2D eigenvalue weighted by Crippen LogP contribution is 2.31. The van der Waals surface area contributed by atoms with Crippen LogP contribution in [-0.2, 0) is 4.79 Å². The minimum absolute atomic E-state index is 0.0342. The Morgan fingerprint density at radius 3 is 2.16 bits per heavy atom. The lowest BCUT2D eigenvalue weighted by atomic mass is 10.1. The third kappa shape index (κ3) is 6.35. The van der Waals surface area contributed by atoms with Gasteiger partial charge >= 0.3 is 0 Å². The van der Waals surface area contributed by atoms with Gasteiger partial charge in [0.15, 0.2) is 0 Å². The van der Waals surface area contributed by atoms with E-state index in [1.165, 1.54) is 6.08 Å². The van der Waals surface area contributed by atoms with Gasteiger partial charge in [-0.1, -0.05) is 42.5 Å². The zero-order valence-corrected chi connectivity index (χ0v) is 22.4. The van der Waals surface area contributed by atoms with Crippen LogP contribution in [0, 0.1) is 0 Å². The van der Waals surface area contributed by atoms with Crippen LogP contribution in [-0.4, -0.2) is 63.1 Å². The van der Waals surface area contributed by atoms with Gasteiger partial charge in [-0.3, -0.25) is 9.59 Å². The van der Waals surface area contributed by atoms with Gasteiger partial charge in [0.1, 0.15) is 5.75 Å². The van der Waals surface area contributed by atoms with Gasteiger partial charge in [-0.05, 0) is 55.8 Å². The number of amides is 2. The van der Waals surface area contributed by atoms with Crippen LogP contribution in [0.5, 0.6) is 5.75 Å². The SMILES string of the molecule is CCN(CC)C(=O)c1cc(NC(=O)/C=C/c2ccccc2)ccc1N1CCN(c2ccccc2OC)CC1. The Kier molecular flexibility index (Phi) is 9.03. The first-order valence-electron chi connectivity index (χ1n) is 13.1. The molecule has 4 rings (SSSR count). The van der Waals surface area contributed by atoms with E-state index >= 15 is 0 Å². The molecule has 1 heterocycles. The molecule has 0 aliphatic carbocycles.